The summed E-state index contributed by atoms with van der Waals surface area (Å²) >= 11 is 0. The van der Waals surface area contributed by atoms with Crippen LogP contribution in [0.1, 0.15) is 97.9 Å². The molecule has 2 saturated heterocycles. The Morgan fingerprint density at radius 3 is 2.49 bits per heavy atom. The van der Waals surface area contributed by atoms with Gasteiger partial charge >= 0.3 is 6.03 Å². The molecule has 0 bridgehead atoms. The third-order valence-electron chi connectivity index (χ3n) is 11.9. The molecule has 59 heavy (non-hydrogen) atoms. The number of alkyl halides is 2. The average Bonchev–Trinajstić information content (AvgIpc) is 3.84. The quantitative estimate of drug-likeness (QED) is 0.130. The number of likely N-dealkylation sites (tertiary alicyclic amines) is 1. The fourth-order valence-corrected chi connectivity index (χ4v) is 7.86. The van der Waals surface area contributed by atoms with Crippen molar-refractivity contribution in [1.82, 2.24) is 50.8 Å². The summed E-state index contributed by atoms with van der Waals surface area (Å²) in [5.41, 5.74) is 1.28. The molecule has 4 aromatic heterocycles. The molecule has 1 unspecified atom stereocenters. The number of hydrogen-bond acceptors (Lipinski definition) is 11. The molecule has 0 radical (unpaired) electrons. The maximum atomic E-state index is 15.6. The van der Waals surface area contributed by atoms with E-state index in [1.165, 1.54) is 43.1 Å². The van der Waals surface area contributed by atoms with Crippen molar-refractivity contribution in [3.8, 4) is 22.8 Å². The van der Waals surface area contributed by atoms with Crippen molar-refractivity contribution >= 4 is 23.5 Å². The number of halogens is 4. The topological polar surface area (TPSA) is 188 Å². The summed E-state index contributed by atoms with van der Waals surface area (Å²) in [6.45, 7) is 8.76. The number of aromatic nitrogens is 7. The Morgan fingerprint density at radius 2 is 1.81 bits per heavy atom. The first kappa shape index (κ1) is 39.7. The van der Waals surface area contributed by atoms with E-state index in [1.807, 2.05) is 13.0 Å². The van der Waals surface area contributed by atoms with Crippen LogP contribution in [0.25, 0.3) is 22.8 Å². The normalized spacial score (nSPS) is 17.7. The fourth-order valence-electron chi connectivity index (χ4n) is 7.86. The van der Waals surface area contributed by atoms with Crippen molar-refractivity contribution in [3.63, 3.8) is 0 Å². The lowest BCUT2D eigenvalue weighted by Crippen LogP contribution is -2.61. The average molecular weight is 816 g/mol. The number of carbonyl (C=O) groups is 3. The second-order valence-corrected chi connectivity index (χ2v) is 16.3. The van der Waals surface area contributed by atoms with Gasteiger partial charge in [-0.1, -0.05) is 11.2 Å². The summed E-state index contributed by atoms with van der Waals surface area (Å²) in [6.07, 6.45) is 4.99. The molecule has 3 fully saturated rings. The number of urea groups is 1. The molecular formula is C40H41F4N11O4. The van der Waals surface area contributed by atoms with Gasteiger partial charge in [-0.25, -0.2) is 37.3 Å². The third-order valence-corrected chi connectivity index (χ3v) is 11.9. The molecule has 1 saturated carbocycles. The Morgan fingerprint density at radius 1 is 1.05 bits per heavy atom. The molecule has 3 N–H and O–H groups in total. The Kier molecular flexibility index (Phi) is 9.84. The summed E-state index contributed by atoms with van der Waals surface area (Å²) in [5.74, 6) is -4.85. The number of rotatable bonds is 11. The van der Waals surface area contributed by atoms with Crippen LogP contribution in [0.3, 0.4) is 0 Å². The molecule has 8 rings (SSSR count). The van der Waals surface area contributed by atoms with Crippen LogP contribution in [0.15, 0.2) is 47.2 Å². The van der Waals surface area contributed by atoms with E-state index in [0.29, 0.717) is 11.3 Å². The van der Waals surface area contributed by atoms with Gasteiger partial charge < -0.3 is 9.84 Å². The summed E-state index contributed by atoms with van der Waals surface area (Å²) in [4.78, 5) is 57.3. The van der Waals surface area contributed by atoms with Gasteiger partial charge in [0.15, 0.2) is 17.3 Å². The van der Waals surface area contributed by atoms with Crippen molar-refractivity contribution in [1.29, 1.82) is 0 Å². The molecular weight excluding hydrogens is 775 g/mol. The minimum absolute atomic E-state index is 0.0846. The lowest BCUT2D eigenvalue weighted by atomic mass is 9.56. The number of H-pyrrole nitrogens is 1. The van der Waals surface area contributed by atoms with Gasteiger partial charge in [0.25, 0.3) is 11.8 Å². The lowest BCUT2D eigenvalue weighted by Gasteiger charge is -2.61. The summed E-state index contributed by atoms with van der Waals surface area (Å²) in [6, 6.07) is 7.04. The minimum atomic E-state index is -3.08. The third kappa shape index (κ3) is 7.42. The number of imide groups is 1. The Balaban J connectivity index is 0.848. The number of hydrogen-bond donors (Lipinski definition) is 3. The first-order valence-corrected chi connectivity index (χ1v) is 19.1. The van der Waals surface area contributed by atoms with Crippen molar-refractivity contribution in [2.75, 3.05) is 24.5 Å². The van der Waals surface area contributed by atoms with Gasteiger partial charge in [0.05, 0.1) is 23.3 Å². The van der Waals surface area contributed by atoms with E-state index in [0.717, 1.165) is 44.0 Å². The molecule has 1 atom stereocenters. The molecule has 2 aliphatic heterocycles. The van der Waals surface area contributed by atoms with E-state index < -0.39 is 34.9 Å². The smallest absolute Gasteiger partial charge is 0.328 e. The highest BCUT2D eigenvalue weighted by atomic mass is 19.3. The minimum Gasteiger partial charge on any atom is -0.350 e. The molecule has 15 nitrogen and oxygen atoms in total. The molecule has 1 aromatic carbocycles. The second kappa shape index (κ2) is 14.6. The number of aryl methyl sites for hydroxylation is 1. The van der Waals surface area contributed by atoms with E-state index in [2.05, 4.69) is 50.8 Å². The van der Waals surface area contributed by atoms with E-state index in [9.17, 15) is 23.2 Å². The van der Waals surface area contributed by atoms with Crippen molar-refractivity contribution < 1.29 is 36.5 Å². The highest BCUT2D eigenvalue weighted by Gasteiger charge is 2.53. The number of pyridine rings is 1. The SMILES string of the molecule is Cc1nc(-c2cc(C(=O)NCc3nc(C(C)(C)C(C)(F)F)n[nH]3)on2)ncc1-c1ncc(C(C)N2CC3(CC(c4ccc(N5CCC(=O)NC5=O)c(F)c4)C3)C2)cc1F. The van der Waals surface area contributed by atoms with Crippen molar-refractivity contribution in [2.45, 2.75) is 83.7 Å². The fraction of sp³-hybridized carbons (Fsp3) is 0.425. The van der Waals surface area contributed by atoms with E-state index in [4.69, 9.17) is 4.52 Å². The molecule has 1 spiro atoms. The molecule has 1 aliphatic carbocycles. The molecule has 308 valence electrons. The predicted molar refractivity (Wildman–Crippen MR) is 203 cm³/mol. The van der Waals surface area contributed by atoms with Gasteiger partial charge in [-0.05, 0) is 81.2 Å². The van der Waals surface area contributed by atoms with Crippen LogP contribution in [-0.4, -0.2) is 83.6 Å². The Labute approximate surface area is 335 Å². The van der Waals surface area contributed by atoms with Crippen molar-refractivity contribution in [3.05, 3.63) is 88.6 Å². The van der Waals surface area contributed by atoms with Gasteiger partial charge in [-0.3, -0.25) is 34.8 Å². The van der Waals surface area contributed by atoms with Gasteiger partial charge in [-0.15, -0.1) is 0 Å². The van der Waals surface area contributed by atoms with Gasteiger partial charge in [0.2, 0.25) is 11.7 Å². The highest BCUT2D eigenvalue weighted by molar-refractivity contribution is 6.05. The largest absolute Gasteiger partial charge is 0.350 e. The van der Waals surface area contributed by atoms with Crippen LogP contribution in [0.2, 0.25) is 0 Å². The number of nitrogens with one attached hydrogen (secondary N) is 3. The first-order chi connectivity index (χ1) is 27.9. The zero-order chi connectivity index (χ0) is 42.0. The van der Waals surface area contributed by atoms with Crippen LogP contribution in [0.5, 0.6) is 0 Å². The first-order valence-electron chi connectivity index (χ1n) is 19.1. The van der Waals surface area contributed by atoms with Crippen LogP contribution in [0, 0.1) is 24.0 Å². The second-order valence-electron chi connectivity index (χ2n) is 16.3. The maximum Gasteiger partial charge on any atom is 0.328 e. The molecule has 19 heteroatoms. The predicted octanol–water partition coefficient (Wildman–Crippen LogP) is 6.15. The van der Waals surface area contributed by atoms with Crippen LogP contribution in [-0.2, 0) is 16.8 Å². The summed E-state index contributed by atoms with van der Waals surface area (Å²) in [5, 5.41) is 15.1. The van der Waals surface area contributed by atoms with Crippen LogP contribution in [0.4, 0.5) is 28.0 Å². The Hall–Kier alpha value is -6.11. The number of anilines is 1. The number of nitrogens with zero attached hydrogens (tertiary/aromatic N) is 8. The molecule has 3 aliphatic rings. The van der Waals surface area contributed by atoms with Gasteiger partial charge in [-0.2, -0.15) is 5.10 Å². The van der Waals surface area contributed by atoms with Crippen LogP contribution < -0.4 is 15.5 Å². The zero-order valence-corrected chi connectivity index (χ0v) is 32.9. The standard InChI is InChI=1S/C40H41F4N11O4/c1-20-25(16-46-34(48-20)28-12-30(59-53-28)35(57)47-17-31-49-36(52-51-31)38(3,4)39(5,43)44)33-27(42)11-23(15-45-33)21(2)54-18-40(19-54)13-24(14-40)22-6-7-29(26(41)10-22)55-9-8-32(56)50-37(55)58/h6-7,10-12,15-16,21,24H,8-9,13-14,17-19H2,1-5H3,(H,47,57)(H,49,51,52)(H,50,56,58). The van der Waals surface area contributed by atoms with E-state index >= 15 is 8.78 Å². The molecule has 6 heterocycles. The van der Waals surface area contributed by atoms with Gasteiger partial charge in [0.1, 0.15) is 23.2 Å². The monoisotopic (exact) mass is 815 g/mol. The lowest BCUT2D eigenvalue weighted by molar-refractivity contribution is -0.120. The zero-order valence-electron chi connectivity index (χ0n) is 32.9. The van der Waals surface area contributed by atoms with Crippen LogP contribution >= 0.6 is 0 Å². The highest BCUT2D eigenvalue weighted by Crippen LogP contribution is 2.57. The van der Waals surface area contributed by atoms with Crippen molar-refractivity contribution in [2.24, 2.45) is 5.41 Å². The Bertz CT molecular complexity index is 2470. The number of carbonyl (C=O) groups excluding carboxylic acids is 3. The number of amides is 4. The maximum absolute atomic E-state index is 15.6. The van der Waals surface area contributed by atoms with E-state index in [-0.39, 0.29) is 83.1 Å². The van der Waals surface area contributed by atoms with E-state index in [1.54, 1.807) is 19.2 Å². The summed E-state index contributed by atoms with van der Waals surface area (Å²) in [7, 11) is 0. The number of aromatic amines is 1. The summed E-state index contributed by atoms with van der Waals surface area (Å²) < 4.78 is 63.9. The number of benzene rings is 1. The van der Waals surface area contributed by atoms with Gasteiger partial charge in [0, 0.05) is 63.0 Å². The molecule has 5 aromatic rings. The molecule has 4 amide bonds.